The summed E-state index contributed by atoms with van der Waals surface area (Å²) in [7, 11) is 1.67. The molecular weight excluding hydrogens is 247 g/mol. The summed E-state index contributed by atoms with van der Waals surface area (Å²) in [4.78, 5) is 0. The molecule has 0 aliphatic heterocycles. The zero-order chi connectivity index (χ0) is 13.9. The fourth-order valence-electron chi connectivity index (χ4n) is 1.87. The minimum atomic E-state index is -0.231. The highest BCUT2D eigenvalue weighted by atomic mass is 19.1. The number of methoxy groups -OCH3 is 1. The first-order valence-corrected chi connectivity index (χ1v) is 6.68. The maximum Gasteiger partial charge on any atom is 0.123 e. The number of hydrogen-bond donors (Lipinski definition) is 1. The average Bonchev–Trinajstić information content (AvgIpc) is 2.43. The summed E-state index contributed by atoms with van der Waals surface area (Å²) in [6.45, 7) is 2.15. The molecule has 19 heavy (non-hydrogen) atoms. The van der Waals surface area contributed by atoms with Gasteiger partial charge in [0, 0.05) is 33.5 Å². The van der Waals surface area contributed by atoms with Gasteiger partial charge in [-0.15, -0.1) is 0 Å². The minimum absolute atomic E-state index is 0.124. The van der Waals surface area contributed by atoms with Crippen LogP contribution in [0.25, 0.3) is 0 Å². The van der Waals surface area contributed by atoms with Crippen LogP contribution >= 0.6 is 0 Å². The van der Waals surface area contributed by atoms with Crippen molar-refractivity contribution < 1.29 is 19.0 Å². The van der Waals surface area contributed by atoms with E-state index in [1.54, 1.807) is 19.2 Å². The lowest BCUT2D eigenvalue weighted by molar-refractivity contribution is 0.0857. The van der Waals surface area contributed by atoms with Gasteiger partial charge in [-0.3, -0.25) is 0 Å². The van der Waals surface area contributed by atoms with Crippen molar-refractivity contribution in [1.29, 1.82) is 0 Å². The van der Waals surface area contributed by atoms with Gasteiger partial charge < -0.3 is 14.6 Å². The van der Waals surface area contributed by atoms with Gasteiger partial charge in [0.2, 0.25) is 0 Å². The second-order valence-corrected chi connectivity index (χ2v) is 4.63. The highest BCUT2D eigenvalue weighted by Gasteiger charge is 2.08. The first kappa shape index (κ1) is 16.1. The smallest absolute Gasteiger partial charge is 0.123 e. The molecule has 4 heteroatoms. The van der Waals surface area contributed by atoms with Crippen molar-refractivity contribution >= 4 is 0 Å². The number of aliphatic hydroxyl groups excluding tert-OH is 1. The molecule has 1 unspecified atom stereocenters. The number of halogens is 1. The van der Waals surface area contributed by atoms with E-state index in [4.69, 9.17) is 9.47 Å². The Morgan fingerprint density at radius 2 is 1.89 bits per heavy atom. The molecule has 1 N–H and O–H groups in total. The van der Waals surface area contributed by atoms with E-state index in [1.165, 1.54) is 12.1 Å². The lowest BCUT2D eigenvalue weighted by Crippen LogP contribution is -2.13. The van der Waals surface area contributed by atoms with Crippen LogP contribution in [0.1, 0.15) is 18.4 Å². The van der Waals surface area contributed by atoms with E-state index < -0.39 is 0 Å². The van der Waals surface area contributed by atoms with Crippen LogP contribution in [-0.2, 0) is 15.9 Å². The summed E-state index contributed by atoms with van der Waals surface area (Å²) >= 11 is 0. The van der Waals surface area contributed by atoms with Gasteiger partial charge in [-0.05, 0) is 42.9 Å². The van der Waals surface area contributed by atoms with Gasteiger partial charge in [-0.2, -0.15) is 0 Å². The Balaban J connectivity index is 2.20. The third-order valence-corrected chi connectivity index (χ3v) is 3.00. The van der Waals surface area contributed by atoms with E-state index in [-0.39, 0.29) is 18.3 Å². The first-order valence-electron chi connectivity index (χ1n) is 6.68. The molecule has 0 aliphatic rings. The van der Waals surface area contributed by atoms with E-state index in [0.29, 0.717) is 19.8 Å². The van der Waals surface area contributed by atoms with Crippen molar-refractivity contribution in [3.8, 4) is 0 Å². The lowest BCUT2D eigenvalue weighted by Gasteiger charge is -2.14. The van der Waals surface area contributed by atoms with Crippen molar-refractivity contribution in [2.75, 3.05) is 33.5 Å². The zero-order valence-corrected chi connectivity index (χ0v) is 11.5. The Hall–Kier alpha value is -0.970. The van der Waals surface area contributed by atoms with E-state index in [1.807, 2.05) is 0 Å². The SMILES string of the molecule is COCCCOCCC(CO)Cc1ccc(F)cc1. The summed E-state index contributed by atoms with van der Waals surface area (Å²) < 4.78 is 23.2. The van der Waals surface area contributed by atoms with E-state index in [0.717, 1.165) is 24.8 Å². The zero-order valence-electron chi connectivity index (χ0n) is 11.5. The first-order chi connectivity index (χ1) is 9.26. The monoisotopic (exact) mass is 270 g/mol. The molecule has 0 aromatic heterocycles. The maximum absolute atomic E-state index is 12.8. The second kappa shape index (κ2) is 9.89. The van der Waals surface area contributed by atoms with Crippen molar-refractivity contribution in [3.63, 3.8) is 0 Å². The number of hydrogen-bond acceptors (Lipinski definition) is 3. The quantitative estimate of drug-likeness (QED) is 0.664. The van der Waals surface area contributed by atoms with Crippen LogP contribution in [0.15, 0.2) is 24.3 Å². The third kappa shape index (κ3) is 7.25. The molecule has 0 spiro atoms. The van der Waals surface area contributed by atoms with E-state index in [9.17, 15) is 9.50 Å². The molecule has 0 amide bonds. The number of aliphatic hydroxyl groups is 1. The summed E-state index contributed by atoms with van der Waals surface area (Å²) in [5.41, 5.74) is 1.04. The molecule has 0 radical (unpaired) electrons. The number of rotatable bonds is 10. The summed E-state index contributed by atoms with van der Waals surface area (Å²) in [5, 5.41) is 9.33. The molecule has 3 nitrogen and oxygen atoms in total. The fraction of sp³-hybridized carbons (Fsp3) is 0.600. The Morgan fingerprint density at radius 3 is 2.53 bits per heavy atom. The van der Waals surface area contributed by atoms with E-state index in [2.05, 4.69) is 0 Å². The highest BCUT2D eigenvalue weighted by Crippen LogP contribution is 2.13. The third-order valence-electron chi connectivity index (χ3n) is 3.00. The van der Waals surface area contributed by atoms with E-state index >= 15 is 0 Å². The van der Waals surface area contributed by atoms with Crippen LogP contribution in [0.3, 0.4) is 0 Å². The van der Waals surface area contributed by atoms with Crippen molar-refractivity contribution in [2.45, 2.75) is 19.3 Å². The van der Waals surface area contributed by atoms with Crippen LogP contribution in [-0.4, -0.2) is 38.6 Å². The lowest BCUT2D eigenvalue weighted by atomic mass is 9.97. The van der Waals surface area contributed by atoms with Crippen LogP contribution in [0.2, 0.25) is 0 Å². The summed E-state index contributed by atoms with van der Waals surface area (Å²) in [5.74, 6) is -0.0707. The molecule has 1 atom stereocenters. The summed E-state index contributed by atoms with van der Waals surface area (Å²) in [6, 6.07) is 6.42. The van der Waals surface area contributed by atoms with Gasteiger partial charge in [0.25, 0.3) is 0 Å². The van der Waals surface area contributed by atoms with Gasteiger partial charge in [0.1, 0.15) is 5.82 Å². The van der Waals surface area contributed by atoms with Gasteiger partial charge in [0.15, 0.2) is 0 Å². The Kier molecular flexibility index (Phi) is 8.38. The Labute approximate surface area is 114 Å². The van der Waals surface area contributed by atoms with Crippen LogP contribution < -0.4 is 0 Å². The topological polar surface area (TPSA) is 38.7 Å². The van der Waals surface area contributed by atoms with Gasteiger partial charge >= 0.3 is 0 Å². The Bertz CT molecular complexity index is 327. The molecule has 1 aromatic carbocycles. The molecule has 0 saturated heterocycles. The second-order valence-electron chi connectivity index (χ2n) is 4.63. The number of ether oxygens (including phenoxy) is 2. The van der Waals surface area contributed by atoms with Crippen molar-refractivity contribution in [2.24, 2.45) is 5.92 Å². The Morgan fingerprint density at radius 1 is 1.16 bits per heavy atom. The van der Waals surface area contributed by atoms with Crippen LogP contribution in [0.5, 0.6) is 0 Å². The summed E-state index contributed by atoms with van der Waals surface area (Å²) in [6.07, 6.45) is 2.44. The predicted molar refractivity (Wildman–Crippen MR) is 72.6 cm³/mol. The maximum atomic E-state index is 12.8. The fourth-order valence-corrected chi connectivity index (χ4v) is 1.87. The average molecular weight is 270 g/mol. The normalized spacial score (nSPS) is 12.6. The molecule has 0 bridgehead atoms. The highest BCUT2D eigenvalue weighted by molar-refractivity contribution is 5.16. The number of benzene rings is 1. The molecule has 0 saturated carbocycles. The van der Waals surface area contributed by atoms with Crippen molar-refractivity contribution in [1.82, 2.24) is 0 Å². The minimum Gasteiger partial charge on any atom is -0.396 e. The molecule has 1 aromatic rings. The molecule has 1 rings (SSSR count). The molecule has 108 valence electrons. The van der Waals surface area contributed by atoms with Crippen LogP contribution in [0.4, 0.5) is 4.39 Å². The molecule has 0 aliphatic carbocycles. The van der Waals surface area contributed by atoms with Crippen molar-refractivity contribution in [3.05, 3.63) is 35.6 Å². The van der Waals surface area contributed by atoms with Gasteiger partial charge in [0.05, 0.1) is 0 Å². The molecular formula is C15H23FO3. The van der Waals surface area contributed by atoms with Crippen LogP contribution in [0, 0.1) is 11.7 Å². The van der Waals surface area contributed by atoms with Gasteiger partial charge in [-0.25, -0.2) is 4.39 Å². The standard InChI is InChI=1S/C15H23FO3/c1-18-8-2-9-19-10-7-14(12-17)11-13-3-5-15(16)6-4-13/h3-6,14,17H,2,7-12H2,1H3. The van der Waals surface area contributed by atoms with Gasteiger partial charge in [-0.1, -0.05) is 12.1 Å². The largest absolute Gasteiger partial charge is 0.396 e. The molecule has 0 fully saturated rings. The molecule has 0 heterocycles. The predicted octanol–water partition coefficient (Wildman–Crippen LogP) is 2.42.